The molecule has 1 aliphatic heterocycles. The van der Waals surface area contributed by atoms with Gasteiger partial charge in [0.1, 0.15) is 18.3 Å². The number of hydrogen-bond donors (Lipinski definition) is 6. The summed E-state index contributed by atoms with van der Waals surface area (Å²) in [5, 5.41) is 20.9. The second kappa shape index (κ2) is 12.2. The lowest BCUT2D eigenvalue weighted by molar-refractivity contribution is -0.0547. The van der Waals surface area contributed by atoms with Crippen LogP contribution in [0.4, 0.5) is 0 Å². The summed E-state index contributed by atoms with van der Waals surface area (Å²) in [4.78, 5) is 63.3. The van der Waals surface area contributed by atoms with Crippen molar-refractivity contribution in [3.05, 3.63) is 80.4 Å². The minimum Gasteiger partial charge on any atom is -0.387 e. The van der Waals surface area contributed by atoms with E-state index in [1.807, 2.05) is 36.4 Å². The molecule has 0 bridgehead atoms. The van der Waals surface area contributed by atoms with E-state index in [4.69, 9.17) is 14.5 Å². The van der Waals surface area contributed by atoms with Crippen LogP contribution in [0.25, 0.3) is 10.4 Å². The van der Waals surface area contributed by atoms with Gasteiger partial charge in [-0.2, -0.15) is 8.62 Å². The second-order valence-corrected chi connectivity index (χ2v) is 14.1. The molecule has 0 amide bonds. The van der Waals surface area contributed by atoms with Gasteiger partial charge in [-0.25, -0.2) is 18.5 Å². The third-order valence-corrected chi connectivity index (χ3v) is 10.5. The minimum absolute atomic E-state index is 0.114. The fourth-order valence-electron chi connectivity index (χ4n) is 3.81. The number of phosphoric acid groups is 3. The molecule has 1 aliphatic rings. The van der Waals surface area contributed by atoms with Crippen LogP contribution in [-0.2, 0) is 38.1 Å². The second-order valence-electron chi connectivity index (χ2n) is 8.49. The SMILES string of the molecule is O=c1ccn([C@@H]2O[C@H](COP(=O)(O)OP(=O)(O)OP(=O)(O)O)C(O)C2O)c(=O)n1Cc1ccc(-c2ccccc2)s1. The molecule has 3 aromatic rings. The van der Waals surface area contributed by atoms with Gasteiger partial charge in [0.25, 0.3) is 5.56 Å². The maximum atomic E-state index is 13.2. The fraction of sp³-hybridized carbons (Fsp3) is 0.300. The van der Waals surface area contributed by atoms with Crippen molar-refractivity contribution in [1.82, 2.24) is 9.13 Å². The van der Waals surface area contributed by atoms with E-state index in [1.165, 1.54) is 11.3 Å². The zero-order valence-corrected chi connectivity index (χ0v) is 23.9. The molecule has 3 heterocycles. The smallest absolute Gasteiger partial charge is 0.387 e. The van der Waals surface area contributed by atoms with Crippen LogP contribution < -0.4 is 11.2 Å². The van der Waals surface area contributed by atoms with Crippen LogP contribution in [0.2, 0.25) is 0 Å². The summed E-state index contributed by atoms with van der Waals surface area (Å²) < 4.78 is 52.9. The standard InChI is InChI=1S/C20H23N2O15P3S/c23-16-8-9-21(20(26)22(16)10-13-6-7-15(41-13)12-4-2-1-3-5-12)19-18(25)17(24)14(35-19)11-34-39(30,31)37-40(32,33)36-38(27,28)29/h1-9,14,17-19,24-25H,10-11H2,(H,30,31)(H,32,33)(H2,27,28,29)/t14-,17?,18?,19-/m1/s1. The average molecular weight is 656 g/mol. The van der Waals surface area contributed by atoms with Crippen LogP contribution in [0, 0.1) is 0 Å². The van der Waals surface area contributed by atoms with Crippen LogP contribution in [0.1, 0.15) is 11.1 Å². The Hall–Kier alpha value is -2.11. The number of nitrogens with zero attached hydrogens (tertiary/aromatic N) is 2. The van der Waals surface area contributed by atoms with E-state index in [9.17, 15) is 43.3 Å². The largest absolute Gasteiger partial charge is 0.490 e. The van der Waals surface area contributed by atoms with Crippen molar-refractivity contribution in [2.24, 2.45) is 0 Å². The van der Waals surface area contributed by atoms with E-state index in [-0.39, 0.29) is 6.54 Å². The third kappa shape index (κ3) is 8.04. The predicted octanol–water partition coefficient (Wildman–Crippen LogP) is 0.749. The van der Waals surface area contributed by atoms with Gasteiger partial charge in [-0.3, -0.25) is 18.5 Å². The van der Waals surface area contributed by atoms with E-state index in [0.29, 0.717) is 4.88 Å². The van der Waals surface area contributed by atoms with Crippen molar-refractivity contribution in [1.29, 1.82) is 0 Å². The summed E-state index contributed by atoms with van der Waals surface area (Å²) in [5.41, 5.74) is -0.615. The first-order valence-electron chi connectivity index (χ1n) is 11.3. The molecule has 0 saturated carbocycles. The summed E-state index contributed by atoms with van der Waals surface area (Å²) in [6, 6.07) is 14.0. The Morgan fingerprint density at radius 3 is 2.22 bits per heavy atom. The predicted molar refractivity (Wildman–Crippen MR) is 140 cm³/mol. The molecule has 1 aromatic carbocycles. The molecule has 4 rings (SSSR count). The Balaban J connectivity index is 1.48. The highest BCUT2D eigenvalue weighted by Crippen LogP contribution is 2.66. The molecular weight excluding hydrogens is 633 g/mol. The molecule has 224 valence electrons. The number of benzene rings is 1. The summed E-state index contributed by atoms with van der Waals surface area (Å²) in [6.45, 7) is -1.18. The first-order valence-corrected chi connectivity index (χ1v) is 16.6. The van der Waals surface area contributed by atoms with Gasteiger partial charge in [-0.1, -0.05) is 30.3 Å². The molecule has 6 atom stereocenters. The number of ether oxygens (including phenoxy) is 1. The van der Waals surface area contributed by atoms with Gasteiger partial charge in [0.05, 0.1) is 13.2 Å². The molecular formula is C20H23N2O15P3S. The minimum atomic E-state index is -5.78. The van der Waals surface area contributed by atoms with Crippen molar-refractivity contribution in [2.75, 3.05) is 6.61 Å². The van der Waals surface area contributed by atoms with E-state index >= 15 is 0 Å². The molecule has 0 spiro atoms. The van der Waals surface area contributed by atoms with Crippen LogP contribution in [0.3, 0.4) is 0 Å². The maximum absolute atomic E-state index is 13.2. The van der Waals surface area contributed by atoms with Crippen LogP contribution in [-0.4, -0.2) is 63.8 Å². The normalized spacial score (nSPS) is 24.1. The average Bonchev–Trinajstić information content (AvgIpc) is 3.44. The van der Waals surface area contributed by atoms with Gasteiger partial charge in [-0.05, 0) is 17.7 Å². The number of hydrogen-bond acceptors (Lipinski definition) is 12. The lowest BCUT2D eigenvalue weighted by Gasteiger charge is -2.19. The first kappa shape index (κ1) is 31.8. The topological polar surface area (TPSA) is 254 Å². The van der Waals surface area contributed by atoms with Gasteiger partial charge < -0.3 is 34.5 Å². The van der Waals surface area contributed by atoms with Crippen molar-refractivity contribution < 1.29 is 61.4 Å². The monoisotopic (exact) mass is 656 g/mol. The summed E-state index contributed by atoms with van der Waals surface area (Å²) in [6.07, 6.45) is -5.82. The number of thiophene rings is 1. The molecule has 21 heteroatoms. The maximum Gasteiger partial charge on any atom is 0.490 e. The summed E-state index contributed by atoms with van der Waals surface area (Å²) in [7, 11) is -16.9. The lowest BCUT2D eigenvalue weighted by atomic mass is 10.1. The van der Waals surface area contributed by atoms with Crippen LogP contribution in [0.5, 0.6) is 0 Å². The fourth-order valence-corrected chi connectivity index (χ4v) is 7.85. The Bertz CT molecular complexity index is 1650. The number of aromatic nitrogens is 2. The molecule has 4 unspecified atom stereocenters. The van der Waals surface area contributed by atoms with E-state index in [0.717, 1.165) is 31.8 Å². The van der Waals surface area contributed by atoms with Crippen molar-refractivity contribution in [3.8, 4) is 10.4 Å². The highest BCUT2D eigenvalue weighted by atomic mass is 32.1. The first-order chi connectivity index (χ1) is 19.1. The zero-order valence-electron chi connectivity index (χ0n) is 20.4. The third-order valence-electron chi connectivity index (χ3n) is 5.56. The Labute approximate surface area is 233 Å². The Morgan fingerprint density at radius 1 is 0.878 bits per heavy atom. The van der Waals surface area contributed by atoms with Gasteiger partial charge in [-0.15, -0.1) is 11.3 Å². The molecule has 1 saturated heterocycles. The quantitative estimate of drug-likeness (QED) is 0.156. The van der Waals surface area contributed by atoms with Gasteiger partial charge in [0.2, 0.25) is 0 Å². The van der Waals surface area contributed by atoms with Gasteiger partial charge in [0.15, 0.2) is 6.23 Å². The summed E-state index contributed by atoms with van der Waals surface area (Å²) in [5.74, 6) is 0. The highest BCUT2D eigenvalue weighted by Gasteiger charge is 2.47. The van der Waals surface area contributed by atoms with Crippen molar-refractivity contribution in [2.45, 2.75) is 31.1 Å². The van der Waals surface area contributed by atoms with E-state index in [1.54, 1.807) is 6.07 Å². The van der Waals surface area contributed by atoms with Crippen molar-refractivity contribution >= 4 is 34.8 Å². The molecule has 0 radical (unpaired) electrons. The lowest BCUT2D eigenvalue weighted by Crippen LogP contribution is -2.43. The Kier molecular flexibility index (Phi) is 9.50. The Morgan fingerprint density at radius 2 is 1.56 bits per heavy atom. The summed E-state index contributed by atoms with van der Waals surface area (Å²) >= 11 is 1.36. The number of aliphatic hydroxyl groups is 2. The molecule has 0 aliphatic carbocycles. The van der Waals surface area contributed by atoms with E-state index < -0.39 is 65.9 Å². The van der Waals surface area contributed by atoms with Gasteiger partial charge in [0, 0.05) is 22.0 Å². The molecule has 6 N–H and O–H groups in total. The van der Waals surface area contributed by atoms with Crippen LogP contribution >= 0.6 is 34.8 Å². The number of aliphatic hydroxyl groups excluding tert-OH is 2. The molecule has 17 nitrogen and oxygen atoms in total. The van der Waals surface area contributed by atoms with E-state index in [2.05, 4.69) is 13.1 Å². The molecule has 2 aromatic heterocycles. The molecule has 41 heavy (non-hydrogen) atoms. The number of rotatable bonds is 11. The highest BCUT2D eigenvalue weighted by molar-refractivity contribution is 7.66. The van der Waals surface area contributed by atoms with Crippen molar-refractivity contribution in [3.63, 3.8) is 0 Å². The zero-order chi connectivity index (χ0) is 30.2. The number of phosphoric ester groups is 1. The molecule has 1 fully saturated rings. The van der Waals surface area contributed by atoms with Crippen LogP contribution in [0.15, 0.2) is 64.3 Å². The van der Waals surface area contributed by atoms with Gasteiger partial charge >= 0.3 is 29.2 Å².